The quantitative estimate of drug-likeness (QED) is 0.824. The molecule has 0 aromatic rings. The lowest BCUT2D eigenvalue weighted by Crippen LogP contribution is -2.43. The third kappa shape index (κ3) is 2.91. The summed E-state index contributed by atoms with van der Waals surface area (Å²) in [5, 5.41) is 3.95. The summed E-state index contributed by atoms with van der Waals surface area (Å²) < 4.78 is 0. The molecule has 0 radical (unpaired) electrons. The maximum atomic E-state index is 3.95. The molecular weight excluding hydrogens is 220 g/mol. The smallest absolute Gasteiger partial charge is 0.0212 e. The molecule has 3 unspecified atom stereocenters. The van der Waals surface area contributed by atoms with Crippen molar-refractivity contribution in [3.05, 3.63) is 0 Å². The van der Waals surface area contributed by atoms with Crippen molar-refractivity contribution >= 4 is 0 Å². The monoisotopic (exact) mass is 250 g/mol. The van der Waals surface area contributed by atoms with Gasteiger partial charge in [-0.25, -0.2) is 0 Å². The van der Waals surface area contributed by atoms with Gasteiger partial charge in [-0.3, -0.25) is 4.90 Å². The van der Waals surface area contributed by atoms with E-state index in [0.29, 0.717) is 0 Å². The molecule has 1 heterocycles. The highest BCUT2D eigenvalue weighted by molar-refractivity contribution is 4.96. The van der Waals surface area contributed by atoms with Crippen LogP contribution < -0.4 is 5.32 Å². The van der Waals surface area contributed by atoms with Crippen molar-refractivity contribution < 1.29 is 0 Å². The van der Waals surface area contributed by atoms with Gasteiger partial charge in [0.05, 0.1) is 0 Å². The second kappa shape index (κ2) is 5.50. The fourth-order valence-corrected chi connectivity index (χ4v) is 4.23. The molecule has 18 heavy (non-hydrogen) atoms. The van der Waals surface area contributed by atoms with E-state index in [0.717, 1.165) is 30.1 Å². The number of rotatable bonds is 4. The number of nitrogens with zero attached hydrogens (tertiary/aromatic N) is 1. The van der Waals surface area contributed by atoms with Crippen molar-refractivity contribution in [3.63, 3.8) is 0 Å². The van der Waals surface area contributed by atoms with Crippen LogP contribution in [0.5, 0.6) is 0 Å². The van der Waals surface area contributed by atoms with E-state index >= 15 is 0 Å². The van der Waals surface area contributed by atoms with Gasteiger partial charge in [0.15, 0.2) is 0 Å². The number of nitrogens with one attached hydrogen (secondary N) is 1. The number of hydrogen-bond acceptors (Lipinski definition) is 2. The molecule has 0 bridgehead atoms. The topological polar surface area (TPSA) is 15.3 Å². The van der Waals surface area contributed by atoms with Crippen LogP contribution in [0.4, 0.5) is 0 Å². The lowest BCUT2D eigenvalue weighted by Gasteiger charge is -2.30. The SMILES string of the molecule is CC(NC1CC(C)N(C2CC2)C1)C1CCCCC1. The van der Waals surface area contributed by atoms with Crippen LogP contribution in [0.15, 0.2) is 0 Å². The lowest BCUT2D eigenvalue weighted by atomic mass is 9.84. The van der Waals surface area contributed by atoms with Crippen LogP contribution in [-0.2, 0) is 0 Å². The zero-order valence-electron chi connectivity index (χ0n) is 12.2. The van der Waals surface area contributed by atoms with E-state index in [2.05, 4.69) is 24.1 Å². The highest BCUT2D eigenvalue weighted by atomic mass is 15.3. The Morgan fingerprint density at radius 2 is 1.78 bits per heavy atom. The molecule has 0 aromatic carbocycles. The molecule has 3 aliphatic rings. The zero-order chi connectivity index (χ0) is 12.5. The van der Waals surface area contributed by atoms with E-state index in [1.807, 2.05) is 0 Å². The van der Waals surface area contributed by atoms with Crippen LogP contribution in [0, 0.1) is 5.92 Å². The van der Waals surface area contributed by atoms with Gasteiger partial charge in [0.1, 0.15) is 0 Å². The van der Waals surface area contributed by atoms with E-state index in [-0.39, 0.29) is 0 Å². The van der Waals surface area contributed by atoms with Gasteiger partial charge < -0.3 is 5.32 Å². The largest absolute Gasteiger partial charge is 0.310 e. The predicted octanol–water partition coefficient (Wildman–Crippen LogP) is 3.17. The Morgan fingerprint density at radius 3 is 2.44 bits per heavy atom. The Bertz CT molecular complexity index is 268. The van der Waals surface area contributed by atoms with E-state index in [1.165, 1.54) is 57.9 Å². The summed E-state index contributed by atoms with van der Waals surface area (Å²) in [4.78, 5) is 2.76. The van der Waals surface area contributed by atoms with Gasteiger partial charge in [0.2, 0.25) is 0 Å². The summed E-state index contributed by atoms with van der Waals surface area (Å²) in [5.41, 5.74) is 0. The Kier molecular flexibility index (Phi) is 3.95. The highest BCUT2D eigenvalue weighted by Gasteiger charge is 2.39. The van der Waals surface area contributed by atoms with Crippen molar-refractivity contribution in [3.8, 4) is 0 Å². The Balaban J connectivity index is 1.47. The first-order valence-electron chi connectivity index (χ1n) is 8.26. The summed E-state index contributed by atoms with van der Waals surface area (Å²) in [7, 11) is 0. The van der Waals surface area contributed by atoms with Crippen molar-refractivity contribution in [1.82, 2.24) is 10.2 Å². The van der Waals surface area contributed by atoms with E-state index in [9.17, 15) is 0 Å². The minimum atomic E-state index is 0.738. The maximum Gasteiger partial charge on any atom is 0.0212 e. The van der Waals surface area contributed by atoms with Gasteiger partial charge >= 0.3 is 0 Å². The fraction of sp³-hybridized carbons (Fsp3) is 1.00. The van der Waals surface area contributed by atoms with Crippen LogP contribution in [-0.4, -0.2) is 35.6 Å². The van der Waals surface area contributed by atoms with Crippen LogP contribution in [0.2, 0.25) is 0 Å². The van der Waals surface area contributed by atoms with Gasteiger partial charge in [-0.1, -0.05) is 19.3 Å². The van der Waals surface area contributed by atoms with Crippen LogP contribution in [0.3, 0.4) is 0 Å². The van der Waals surface area contributed by atoms with Crippen molar-refractivity contribution in [2.45, 2.75) is 89.4 Å². The number of hydrogen-bond donors (Lipinski definition) is 1. The molecule has 1 N–H and O–H groups in total. The molecule has 3 rings (SSSR count). The van der Waals surface area contributed by atoms with Crippen LogP contribution in [0.25, 0.3) is 0 Å². The first-order chi connectivity index (χ1) is 8.74. The highest BCUT2D eigenvalue weighted by Crippen LogP contribution is 2.34. The molecule has 1 aliphatic heterocycles. The molecule has 1 saturated heterocycles. The van der Waals surface area contributed by atoms with E-state index in [4.69, 9.17) is 0 Å². The molecule has 0 spiro atoms. The first kappa shape index (κ1) is 12.9. The van der Waals surface area contributed by atoms with Gasteiger partial charge in [0, 0.05) is 30.7 Å². The third-order valence-corrected chi connectivity index (χ3v) is 5.49. The standard InChI is InChI=1S/C16H30N2/c1-12-10-15(11-18(12)16-8-9-16)17-13(2)14-6-4-3-5-7-14/h12-17H,3-11H2,1-2H3. The molecular formula is C16H30N2. The van der Waals surface area contributed by atoms with E-state index in [1.54, 1.807) is 0 Å². The van der Waals surface area contributed by atoms with E-state index < -0.39 is 0 Å². The van der Waals surface area contributed by atoms with Gasteiger partial charge in [-0.2, -0.15) is 0 Å². The molecule has 2 nitrogen and oxygen atoms in total. The average Bonchev–Trinajstić information content (AvgIpc) is 3.15. The minimum Gasteiger partial charge on any atom is -0.310 e. The molecule has 2 saturated carbocycles. The van der Waals surface area contributed by atoms with Crippen molar-refractivity contribution in [1.29, 1.82) is 0 Å². The molecule has 3 atom stereocenters. The average molecular weight is 250 g/mol. The fourth-order valence-electron chi connectivity index (χ4n) is 4.23. The summed E-state index contributed by atoms with van der Waals surface area (Å²) in [6.07, 6.45) is 11.6. The zero-order valence-corrected chi connectivity index (χ0v) is 12.2. The second-order valence-corrected chi connectivity index (χ2v) is 7.06. The normalized spacial score (nSPS) is 37.0. The van der Waals surface area contributed by atoms with Gasteiger partial charge in [0.25, 0.3) is 0 Å². The summed E-state index contributed by atoms with van der Waals surface area (Å²) in [6.45, 7) is 6.16. The first-order valence-corrected chi connectivity index (χ1v) is 8.26. The summed E-state index contributed by atoms with van der Waals surface area (Å²) in [5.74, 6) is 0.948. The molecule has 2 aliphatic carbocycles. The Morgan fingerprint density at radius 1 is 1.06 bits per heavy atom. The molecule has 0 aromatic heterocycles. The second-order valence-electron chi connectivity index (χ2n) is 7.06. The number of likely N-dealkylation sites (tertiary alicyclic amines) is 1. The molecule has 104 valence electrons. The lowest BCUT2D eigenvalue weighted by molar-refractivity contribution is 0.243. The third-order valence-electron chi connectivity index (χ3n) is 5.49. The van der Waals surface area contributed by atoms with Gasteiger partial charge in [-0.05, 0) is 51.9 Å². The van der Waals surface area contributed by atoms with Crippen LogP contribution >= 0.6 is 0 Å². The van der Waals surface area contributed by atoms with Crippen LogP contribution in [0.1, 0.15) is 65.2 Å². The Labute approximate surface area is 113 Å². The summed E-state index contributed by atoms with van der Waals surface area (Å²) >= 11 is 0. The predicted molar refractivity (Wildman–Crippen MR) is 76.8 cm³/mol. The molecule has 2 heteroatoms. The molecule has 0 amide bonds. The minimum absolute atomic E-state index is 0.738. The van der Waals surface area contributed by atoms with Gasteiger partial charge in [-0.15, -0.1) is 0 Å². The van der Waals surface area contributed by atoms with Crippen molar-refractivity contribution in [2.75, 3.05) is 6.54 Å². The van der Waals surface area contributed by atoms with Crippen molar-refractivity contribution in [2.24, 2.45) is 5.92 Å². The Hall–Kier alpha value is -0.0800. The molecule has 3 fully saturated rings. The summed E-state index contributed by atoms with van der Waals surface area (Å²) in [6, 6.07) is 3.25. The maximum absolute atomic E-state index is 3.95.